The van der Waals surface area contributed by atoms with Crippen molar-refractivity contribution < 1.29 is 9.18 Å². The van der Waals surface area contributed by atoms with Crippen molar-refractivity contribution in [1.82, 2.24) is 9.78 Å². The molecule has 1 aliphatic carbocycles. The molecular formula is C18H17ClFN3O. The maximum atomic E-state index is 14.0. The first-order valence-electron chi connectivity index (χ1n) is 7.99. The van der Waals surface area contributed by atoms with Crippen molar-refractivity contribution in [3.63, 3.8) is 0 Å². The highest BCUT2D eigenvalue weighted by Gasteiger charge is 2.48. The predicted molar refractivity (Wildman–Crippen MR) is 90.4 cm³/mol. The van der Waals surface area contributed by atoms with Crippen LogP contribution in [0.25, 0.3) is 0 Å². The summed E-state index contributed by atoms with van der Waals surface area (Å²) in [5.74, 6) is -0.0701. The number of carbonyl (C=O) groups is 1. The van der Waals surface area contributed by atoms with Crippen molar-refractivity contribution in [1.29, 1.82) is 0 Å². The Bertz CT molecular complexity index is 871. The minimum atomic E-state index is -0.491. The molecule has 1 aromatic heterocycles. The first-order valence-corrected chi connectivity index (χ1v) is 8.36. The van der Waals surface area contributed by atoms with Gasteiger partial charge in [-0.1, -0.05) is 31.5 Å². The maximum Gasteiger partial charge on any atom is 0.150 e. The van der Waals surface area contributed by atoms with Gasteiger partial charge < -0.3 is 0 Å². The van der Waals surface area contributed by atoms with E-state index >= 15 is 0 Å². The highest BCUT2D eigenvalue weighted by Crippen LogP contribution is 2.45. The molecule has 6 heteroatoms. The molecule has 2 atom stereocenters. The summed E-state index contributed by atoms with van der Waals surface area (Å²) >= 11 is 5.82. The fourth-order valence-corrected chi connectivity index (χ4v) is 3.79. The minimum Gasteiger partial charge on any atom is -0.298 e. The first-order chi connectivity index (χ1) is 11.4. The van der Waals surface area contributed by atoms with Gasteiger partial charge in [-0.05, 0) is 30.5 Å². The van der Waals surface area contributed by atoms with Crippen molar-refractivity contribution in [2.75, 3.05) is 0 Å². The van der Waals surface area contributed by atoms with Crippen LogP contribution in [0.1, 0.15) is 38.3 Å². The van der Waals surface area contributed by atoms with E-state index in [2.05, 4.69) is 10.1 Å². The maximum absolute atomic E-state index is 14.0. The SMILES string of the molecule is CC1(C)CCC2=Nc3ccnn3C(c3ccc(Cl)c(F)c3)C2C1=O. The van der Waals surface area contributed by atoms with Crippen molar-refractivity contribution in [2.45, 2.75) is 32.7 Å². The Morgan fingerprint density at radius 2 is 2.12 bits per heavy atom. The van der Waals surface area contributed by atoms with E-state index in [-0.39, 0.29) is 16.8 Å². The van der Waals surface area contributed by atoms with Gasteiger partial charge in [0, 0.05) is 17.2 Å². The quantitative estimate of drug-likeness (QED) is 0.771. The number of ketones is 1. The van der Waals surface area contributed by atoms with E-state index in [1.807, 2.05) is 19.9 Å². The molecule has 4 rings (SSSR count). The van der Waals surface area contributed by atoms with E-state index in [0.717, 1.165) is 18.6 Å². The van der Waals surface area contributed by atoms with Crippen LogP contribution in [0.2, 0.25) is 5.02 Å². The number of nitrogens with zero attached hydrogens (tertiary/aromatic N) is 3. The van der Waals surface area contributed by atoms with Gasteiger partial charge in [0.05, 0.1) is 23.2 Å². The molecule has 2 aliphatic rings. The lowest BCUT2D eigenvalue weighted by molar-refractivity contribution is -0.131. The Balaban J connectivity index is 1.90. The Kier molecular flexibility index (Phi) is 3.39. The van der Waals surface area contributed by atoms with Crippen LogP contribution in [-0.4, -0.2) is 21.3 Å². The minimum absolute atomic E-state index is 0.0689. The molecule has 24 heavy (non-hydrogen) atoms. The van der Waals surface area contributed by atoms with Gasteiger partial charge in [0.25, 0.3) is 0 Å². The number of aromatic nitrogens is 2. The third-order valence-electron chi connectivity index (χ3n) is 5.09. The first kappa shape index (κ1) is 15.5. The topological polar surface area (TPSA) is 47.2 Å². The van der Waals surface area contributed by atoms with Gasteiger partial charge in [-0.3, -0.25) is 4.79 Å². The van der Waals surface area contributed by atoms with Gasteiger partial charge in [-0.15, -0.1) is 0 Å². The molecule has 2 aromatic rings. The highest BCUT2D eigenvalue weighted by molar-refractivity contribution is 6.30. The summed E-state index contributed by atoms with van der Waals surface area (Å²) in [6.45, 7) is 3.93. The fraction of sp³-hybridized carbons (Fsp3) is 0.389. The normalized spacial score (nSPS) is 25.0. The number of aliphatic imine (C=N–C) groups is 1. The van der Waals surface area contributed by atoms with Crippen LogP contribution >= 0.6 is 11.6 Å². The smallest absolute Gasteiger partial charge is 0.150 e. The van der Waals surface area contributed by atoms with E-state index < -0.39 is 17.2 Å². The standard InChI is InChI=1S/C18H17ClFN3O/c1-18(2)7-5-13-15(17(18)24)16(23-14(22-13)6-8-21-23)10-3-4-11(19)12(20)9-10/h3-4,6,8-9,15-16H,5,7H2,1-2H3. The third-order valence-corrected chi connectivity index (χ3v) is 5.39. The third kappa shape index (κ3) is 2.22. The number of Topliss-reactive ketones (excluding diaryl/α,β-unsaturated/α-hetero) is 1. The highest BCUT2D eigenvalue weighted by atomic mass is 35.5. The van der Waals surface area contributed by atoms with Crippen LogP contribution in [0, 0.1) is 17.2 Å². The lowest BCUT2D eigenvalue weighted by Crippen LogP contribution is -2.46. The number of benzene rings is 1. The Morgan fingerprint density at radius 1 is 1.33 bits per heavy atom. The zero-order valence-corrected chi connectivity index (χ0v) is 14.2. The molecule has 4 nitrogen and oxygen atoms in total. The predicted octanol–water partition coefficient (Wildman–Crippen LogP) is 4.36. The summed E-state index contributed by atoms with van der Waals surface area (Å²) < 4.78 is 15.8. The largest absolute Gasteiger partial charge is 0.298 e. The number of fused-ring (bicyclic) bond motifs is 2. The second-order valence-corrected chi connectivity index (χ2v) is 7.49. The van der Waals surface area contributed by atoms with E-state index in [9.17, 15) is 9.18 Å². The molecule has 1 aromatic carbocycles. The van der Waals surface area contributed by atoms with Gasteiger partial charge in [0.2, 0.25) is 0 Å². The Hall–Kier alpha value is -2.01. The molecule has 0 N–H and O–H groups in total. The van der Waals surface area contributed by atoms with Crippen LogP contribution in [0.3, 0.4) is 0 Å². The number of hydrogen-bond donors (Lipinski definition) is 0. The monoisotopic (exact) mass is 345 g/mol. The molecule has 0 saturated heterocycles. The van der Waals surface area contributed by atoms with E-state index in [1.54, 1.807) is 16.9 Å². The second-order valence-electron chi connectivity index (χ2n) is 7.08. The lowest BCUT2D eigenvalue weighted by Gasteiger charge is -2.41. The van der Waals surface area contributed by atoms with Crippen LogP contribution < -0.4 is 0 Å². The van der Waals surface area contributed by atoms with Gasteiger partial charge in [-0.25, -0.2) is 14.1 Å². The Labute approximate surface area is 144 Å². The van der Waals surface area contributed by atoms with Gasteiger partial charge in [0.1, 0.15) is 11.6 Å². The zero-order chi connectivity index (χ0) is 17.1. The molecule has 0 bridgehead atoms. The van der Waals surface area contributed by atoms with Gasteiger partial charge >= 0.3 is 0 Å². The van der Waals surface area contributed by atoms with Crippen molar-refractivity contribution in [2.24, 2.45) is 16.3 Å². The molecular weight excluding hydrogens is 329 g/mol. The average molecular weight is 346 g/mol. The summed E-state index contributed by atoms with van der Waals surface area (Å²) in [6, 6.07) is 6.11. The summed E-state index contributed by atoms with van der Waals surface area (Å²) in [7, 11) is 0. The van der Waals surface area contributed by atoms with Crippen LogP contribution in [0.15, 0.2) is 35.5 Å². The number of hydrogen-bond acceptors (Lipinski definition) is 3. The van der Waals surface area contributed by atoms with E-state index in [4.69, 9.17) is 11.6 Å². The Morgan fingerprint density at radius 3 is 2.88 bits per heavy atom. The van der Waals surface area contributed by atoms with Crippen molar-refractivity contribution in [3.05, 3.63) is 46.9 Å². The molecule has 124 valence electrons. The van der Waals surface area contributed by atoms with E-state index in [1.165, 1.54) is 12.1 Å². The van der Waals surface area contributed by atoms with Crippen LogP contribution in [-0.2, 0) is 4.79 Å². The fourth-order valence-electron chi connectivity index (χ4n) is 3.67. The second kappa shape index (κ2) is 5.24. The summed E-state index contributed by atoms with van der Waals surface area (Å²) in [4.78, 5) is 17.7. The number of carbonyl (C=O) groups excluding carboxylic acids is 1. The van der Waals surface area contributed by atoms with Gasteiger partial charge in [0.15, 0.2) is 5.82 Å². The van der Waals surface area contributed by atoms with Crippen LogP contribution in [0.5, 0.6) is 0 Å². The van der Waals surface area contributed by atoms with Crippen LogP contribution in [0.4, 0.5) is 10.2 Å². The van der Waals surface area contributed by atoms with E-state index in [0.29, 0.717) is 11.4 Å². The summed E-state index contributed by atoms with van der Waals surface area (Å²) in [5.41, 5.74) is 1.13. The average Bonchev–Trinajstić information content (AvgIpc) is 3.00. The molecule has 0 spiro atoms. The van der Waals surface area contributed by atoms with Gasteiger partial charge in [-0.2, -0.15) is 5.10 Å². The van der Waals surface area contributed by atoms with Crippen molar-refractivity contribution >= 4 is 28.9 Å². The molecule has 2 unspecified atom stereocenters. The molecule has 1 fully saturated rings. The molecule has 2 heterocycles. The molecule has 0 radical (unpaired) electrons. The van der Waals surface area contributed by atoms with Crippen molar-refractivity contribution in [3.8, 4) is 0 Å². The molecule has 1 aliphatic heterocycles. The molecule has 0 amide bonds. The summed E-state index contributed by atoms with van der Waals surface area (Å²) in [5, 5.41) is 4.41. The number of halogens is 2. The zero-order valence-electron chi connectivity index (χ0n) is 13.5. The lowest BCUT2D eigenvalue weighted by atomic mass is 9.66. The number of rotatable bonds is 1. The molecule has 1 saturated carbocycles. The summed E-state index contributed by atoms with van der Waals surface area (Å²) in [6.07, 6.45) is 3.20.